The highest BCUT2D eigenvalue weighted by Gasteiger charge is 2.35. The van der Waals surface area contributed by atoms with E-state index in [0.717, 1.165) is 31.4 Å². The number of benzene rings is 1. The third-order valence-corrected chi connectivity index (χ3v) is 4.52. The van der Waals surface area contributed by atoms with Crippen LogP contribution in [0, 0.1) is 11.8 Å². The van der Waals surface area contributed by atoms with Crippen LogP contribution in [0.15, 0.2) is 30.3 Å². The first-order valence-electron chi connectivity index (χ1n) is 8.48. The topological polar surface area (TPSA) is 58.6 Å². The van der Waals surface area contributed by atoms with Gasteiger partial charge in [0, 0.05) is 24.9 Å². The Bertz CT molecular complexity index is 534. The lowest BCUT2D eigenvalue weighted by molar-refractivity contribution is -0.136. The summed E-state index contributed by atoms with van der Waals surface area (Å²) >= 11 is 0. The predicted octanol–water partition coefficient (Wildman–Crippen LogP) is 1.83. The number of rotatable bonds is 6. The molecule has 2 fully saturated rings. The number of ether oxygens (including phenoxy) is 1. The van der Waals surface area contributed by atoms with Crippen LogP contribution in [0.25, 0.3) is 0 Å². The summed E-state index contributed by atoms with van der Waals surface area (Å²) in [4.78, 5) is 26.1. The van der Waals surface area contributed by atoms with Gasteiger partial charge in [0.1, 0.15) is 12.4 Å². The lowest BCUT2D eigenvalue weighted by Gasteiger charge is -2.31. The van der Waals surface area contributed by atoms with Crippen molar-refractivity contribution >= 4 is 11.8 Å². The first-order valence-corrected chi connectivity index (χ1v) is 8.48. The number of hydrogen-bond donors (Lipinski definition) is 1. The van der Waals surface area contributed by atoms with Crippen molar-refractivity contribution in [2.45, 2.75) is 25.7 Å². The highest BCUT2D eigenvalue weighted by Crippen LogP contribution is 2.32. The van der Waals surface area contributed by atoms with Gasteiger partial charge in [0.2, 0.25) is 11.8 Å². The third-order valence-electron chi connectivity index (χ3n) is 4.52. The molecule has 1 aromatic carbocycles. The van der Waals surface area contributed by atoms with Gasteiger partial charge in [-0.05, 0) is 37.8 Å². The summed E-state index contributed by atoms with van der Waals surface area (Å²) in [7, 11) is 0. The van der Waals surface area contributed by atoms with E-state index < -0.39 is 0 Å². The monoisotopic (exact) mass is 316 g/mol. The van der Waals surface area contributed by atoms with Gasteiger partial charge in [0.25, 0.3) is 0 Å². The Balaban J connectivity index is 1.32. The zero-order valence-electron chi connectivity index (χ0n) is 13.4. The van der Waals surface area contributed by atoms with Gasteiger partial charge in [-0.1, -0.05) is 18.2 Å². The molecule has 3 rings (SSSR count). The molecular formula is C18H24N2O3. The molecule has 1 aromatic rings. The van der Waals surface area contributed by atoms with Crippen LogP contribution < -0.4 is 10.1 Å². The molecule has 0 atom stereocenters. The second kappa shape index (κ2) is 7.49. The molecule has 1 saturated heterocycles. The SMILES string of the molecule is O=C(NCCOc1ccccc1)C1CCN(C(=O)C2CC2)CC1. The van der Waals surface area contributed by atoms with E-state index in [0.29, 0.717) is 32.1 Å². The molecule has 0 spiro atoms. The maximum Gasteiger partial charge on any atom is 0.225 e. The van der Waals surface area contributed by atoms with E-state index in [4.69, 9.17) is 4.74 Å². The number of nitrogens with one attached hydrogen (secondary N) is 1. The number of piperidine rings is 1. The lowest BCUT2D eigenvalue weighted by atomic mass is 9.95. The summed E-state index contributed by atoms with van der Waals surface area (Å²) in [6.45, 7) is 2.41. The van der Waals surface area contributed by atoms with Crippen LogP contribution >= 0.6 is 0 Å². The average molecular weight is 316 g/mol. The van der Waals surface area contributed by atoms with E-state index in [1.807, 2.05) is 35.2 Å². The zero-order valence-corrected chi connectivity index (χ0v) is 13.4. The molecule has 23 heavy (non-hydrogen) atoms. The number of carbonyl (C=O) groups excluding carboxylic acids is 2. The lowest BCUT2D eigenvalue weighted by Crippen LogP contribution is -2.44. The molecule has 1 saturated carbocycles. The first kappa shape index (κ1) is 15.8. The molecular weight excluding hydrogens is 292 g/mol. The van der Waals surface area contributed by atoms with E-state index in [1.54, 1.807) is 0 Å². The molecule has 1 N–H and O–H groups in total. The highest BCUT2D eigenvalue weighted by atomic mass is 16.5. The number of hydrogen-bond acceptors (Lipinski definition) is 3. The van der Waals surface area contributed by atoms with Gasteiger partial charge in [0.05, 0.1) is 6.54 Å². The van der Waals surface area contributed by atoms with Crippen LogP contribution in [-0.2, 0) is 9.59 Å². The fraction of sp³-hybridized carbons (Fsp3) is 0.556. The Labute approximate surface area is 137 Å². The van der Waals surface area contributed by atoms with Crippen LogP contribution in [0.4, 0.5) is 0 Å². The van der Waals surface area contributed by atoms with Gasteiger partial charge >= 0.3 is 0 Å². The van der Waals surface area contributed by atoms with E-state index >= 15 is 0 Å². The summed E-state index contributed by atoms with van der Waals surface area (Å²) in [6.07, 6.45) is 3.62. The molecule has 1 heterocycles. The molecule has 0 radical (unpaired) electrons. The maximum atomic E-state index is 12.2. The molecule has 5 nitrogen and oxygen atoms in total. The zero-order chi connectivity index (χ0) is 16.1. The van der Waals surface area contributed by atoms with Crippen molar-refractivity contribution < 1.29 is 14.3 Å². The van der Waals surface area contributed by atoms with Crippen molar-refractivity contribution in [1.29, 1.82) is 0 Å². The summed E-state index contributed by atoms with van der Waals surface area (Å²) in [5.74, 6) is 1.49. The highest BCUT2D eigenvalue weighted by molar-refractivity contribution is 5.82. The van der Waals surface area contributed by atoms with Crippen LogP contribution in [0.5, 0.6) is 5.75 Å². The molecule has 2 aliphatic rings. The van der Waals surface area contributed by atoms with Gasteiger partial charge in [-0.2, -0.15) is 0 Å². The number of carbonyl (C=O) groups is 2. The minimum Gasteiger partial charge on any atom is -0.492 e. The molecule has 0 bridgehead atoms. The summed E-state index contributed by atoms with van der Waals surface area (Å²) in [6, 6.07) is 9.58. The Morgan fingerprint density at radius 3 is 2.39 bits per heavy atom. The standard InChI is InChI=1S/C18H24N2O3/c21-17(19-10-13-23-16-4-2-1-3-5-16)14-8-11-20(12-9-14)18(22)15-6-7-15/h1-5,14-15H,6-13H2,(H,19,21). The van der Waals surface area contributed by atoms with Crippen molar-refractivity contribution in [1.82, 2.24) is 10.2 Å². The predicted molar refractivity (Wildman–Crippen MR) is 87.0 cm³/mol. The van der Waals surface area contributed by atoms with Gasteiger partial charge < -0.3 is 15.0 Å². The Morgan fingerprint density at radius 2 is 1.74 bits per heavy atom. The fourth-order valence-electron chi connectivity index (χ4n) is 2.95. The van der Waals surface area contributed by atoms with Gasteiger partial charge in [-0.25, -0.2) is 0 Å². The Kier molecular flexibility index (Phi) is 5.16. The first-order chi connectivity index (χ1) is 11.2. The van der Waals surface area contributed by atoms with Crippen LogP contribution in [0.1, 0.15) is 25.7 Å². The van der Waals surface area contributed by atoms with Crippen molar-refractivity contribution in [3.05, 3.63) is 30.3 Å². The van der Waals surface area contributed by atoms with Crippen molar-refractivity contribution in [2.24, 2.45) is 11.8 Å². The summed E-state index contributed by atoms with van der Waals surface area (Å²) in [5.41, 5.74) is 0. The maximum absolute atomic E-state index is 12.2. The van der Waals surface area contributed by atoms with Crippen molar-refractivity contribution in [2.75, 3.05) is 26.2 Å². The Hall–Kier alpha value is -2.04. The van der Waals surface area contributed by atoms with Gasteiger partial charge in [-0.15, -0.1) is 0 Å². The van der Waals surface area contributed by atoms with Crippen molar-refractivity contribution in [3.63, 3.8) is 0 Å². The molecule has 1 aliphatic carbocycles. The van der Waals surface area contributed by atoms with E-state index in [2.05, 4.69) is 5.32 Å². The summed E-state index contributed by atoms with van der Waals surface area (Å²) < 4.78 is 5.56. The second-order valence-corrected chi connectivity index (χ2v) is 6.33. The minimum atomic E-state index is 0.0231. The average Bonchev–Trinajstić information content (AvgIpc) is 3.44. The molecule has 0 aromatic heterocycles. The Morgan fingerprint density at radius 1 is 1.04 bits per heavy atom. The molecule has 1 aliphatic heterocycles. The van der Waals surface area contributed by atoms with Gasteiger partial charge in [0.15, 0.2) is 0 Å². The summed E-state index contributed by atoms with van der Waals surface area (Å²) in [5, 5.41) is 2.93. The fourth-order valence-corrected chi connectivity index (χ4v) is 2.95. The third kappa shape index (κ3) is 4.47. The quantitative estimate of drug-likeness (QED) is 0.815. The number of likely N-dealkylation sites (tertiary alicyclic amines) is 1. The molecule has 5 heteroatoms. The van der Waals surface area contributed by atoms with Gasteiger partial charge in [-0.3, -0.25) is 9.59 Å². The molecule has 124 valence electrons. The second-order valence-electron chi connectivity index (χ2n) is 6.33. The molecule has 2 amide bonds. The minimum absolute atomic E-state index is 0.0231. The van der Waals surface area contributed by atoms with E-state index in [9.17, 15) is 9.59 Å². The number of amides is 2. The van der Waals surface area contributed by atoms with E-state index in [1.165, 1.54) is 0 Å². The van der Waals surface area contributed by atoms with Crippen LogP contribution in [-0.4, -0.2) is 43.0 Å². The van der Waals surface area contributed by atoms with Crippen LogP contribution in [0.3, 0.4) is 0 Å². The largest absolute Gasteiger partial charge is 0.492 e. The smallest absolute Gasteiger partial charge is 0.225 e. The number of nitrogens with zero attached hydrogens (tertiary/aromatic N) is 1. The molecule has 0 unspecified atom stereocenters. The number of para-hydroxylation sites is 1. The van der Waals surface area contributed by atoms with Crippen LogP contribution in [0.2, 0.25) is 0 Å². The van der Waals surface area contributed by atoms with Crippen molar-refractivity contribution in [3.8, 4) is 5.75 Å². The van der Waals surface area contributed by atoms with E-state index in [-0.39, 0.29) is 17.7 Å². The normalized spacial score (nSPS) is 18.5.